The zero-order chi connectivity index (χ0) is 15.0. The highest BCUT2D eigenvalue weighted by Crippen LogP contribution is 2.20. The molecule has 0 saturated carbocycles. The van der Waals surface area contributed by atoms with Crippen molar-refractivity contribution in [3.05, 3.63) is 34.6 Å². The molecule has 0 heterocycles. The molecule has 0 amide bonds. The third-order valence-corrected chi connectivity index (χ3v) is 4.84. The summed E-state index contributed by atoms with van der Waals surface area (Å²) in [6, 6.07) is 4.95. The summed E-state index contributed by atoms with van der Waals surface area (Å²) in [6.07, 6.45) is 1.88. The molecule has 1 aromatic carbocycles. The first kappa shape index (κ1) is 17.8. The van der Waals surface area contributed by atoms with Crippen molar-refractivity contribution in [2.75, 3.05) is 18.1 Å². The van der Waals surface area contributed by atoms with Crippen LogP contribution in [0.3, 0.4) is 0 Å². The molecule has 0 saturated heterocycles. The zero-order valence-electron chi connectivity index (χ0n) is 12.6. The molecule has 4 heteroatoms. The zero-order valence-corrected chi connectivity index (χ0v) is 14.2. The second-order valence-electron chi connectivity index (χ2n) is 5.52. The Balaban J connectivity index is 2.60. The summed E-state index contributed by atoms with van der Waals surface area (Å²) in [4.78, 5) is 0. The van der Waals surface area contributed by atoms with E-state index in [0.29, 0.717) is 17.0 Å². The van der Waals surface area contributed by atoms with Gasteiger partial charge in [-0.25, -0.2) is 4.39 Å². The Hall–Kier alpha value is -0.250. The number of benzene rings is 1. The van der Waals surface area contributed by atoms with Gasteiger partial charge in [-0.1, -0.05) is 32.4 Å². The van der Waals surface area contributed by atoms with Crippen LogP contribution in [-0.2, 0) is 6.42 Å². The predicted molar refractivity (Wildman–Crippen MR) is 89.4 cm³/mol. The van der Waals surface area contributed by atoms with E-state index >= 15 is 0 Å². The molecule has 114 valence electrons. The van der Waals surface area contributed by atoms with Gasteiger partial charge in [0.2, 0.25) is 0 Å². The maximum Gasteiger partial charge on any atom is 0.123 e. The van der Waals surface area contributed by atoms with Crippen molar-refractivity contribution in [2.45, 2.75) is 39.7 Å². The monoisotopic (exact) mass is 317 g/mol. The number of halogens is 2. The topological polar surface area (TPSA) is 12.0 Å². The van der Waals surface area contributed by atoms with E-state index in [1.807, 2.05) is 11.8 Å². The molecule has 1 unspecified atom stereocenters. The van der Waals surface area contributed by atoms with Crippen molar-refractivity contribution in [2.24, 2.45) is 5.92 Å². The molecule has 0 aliphatic heterocycles. The highest BCUT2D eigenvalue weighted by Gasteiger charge is 2.12. The van der Waals surface area contributed by atoms with Crippen molar-refractivity contribution < 1.29 is 4.39 Å². The molecular weight excluding hydrogens is 293 g/mol. The first-order valence-electron chi connectivity index (χ1n) is 7.28. The van der Waals surface area contributed by atoms with E-state index in [9.17, 15) is 4.39 Å². The Morgan fingerprint density at radius 3 is 2.70 bits per heavy atom. The van der Waals surface area contributed by atoms with Crippen LogP contribution >= 0.6 is 23.4 Å². The average molecular weight is 318 g/mol. The lowest BCUT2D eigenvalue weighted by atomic mass is 10.1. The second-order valence-corrected chi connectivity index (χ2v) is 7.00. The van der Waals surface area contributed by atoms with E-state index in [1.165, 1.54) is 6.07 Å². The van der Waals surface area contributed by atoms with Gasteiger partial charge in [-0.3, -0.25) is 0 Å². The van der Waals surface area contributed by atoms with E-state index in [-0.39, 0.29) is 5.82 Å². The largest absolute Gasteiger partial charge is 0.313 e. The summed E-state index contributed by atoms with van der Waals surface area (Å²) in [5.41, 5.74) is 0.894. The smallest absolute Gasteiger partial charge is 0.123 e. The number of nitrogens with one attached hydrogen (secondary N) is 1. The molecule has 0 aliphatic carbocycles. The summed E-state index contributed by atoms with van der Waals surface area (Å²) in [5, 5.41) is 4.19. The molecule has 1 atom stereocenters. The van der Waals surface area contributed by atoms with Crippen molar-refractivity contribution >= 4 is 23.4 Å². The second kappa shape index (κ2) is 9.64. The summed E-state index contributed by atoms with van der Waals surface area (Å²) in [7, 11) is 0. The fourth-order valence-corrected chi connectivity index (χ4v) is 3.27. The molecule has 0 fully saturated rings. The van der Waals surface area contributed by atoms with Gasteiger partial charge >= 0.3 is 0 Å². The molecule has 0 aliphatic rings. The van der Waals surface area contributed by atoms with Crippen molar-refractivity contribution in [1.29, 1.82) is 0 Å². The minimum atomic E-state index is -0.214. The normalized spacial score (nSPS) is 12.9. The number of hydrogen-bond acceptors (Lipinski definition) is 2. The van der Waals surface area contributed by atoms with Crippen LogP contribution in [0, 0.1) is 11.7 Å². The molecule has 1 N–H and O–H groups in total. The van der Waals surface area contributed by atoms with Gasteiger partial charge in [0.15, 0.2) is 0 Å². The van der Waals surface area contributed by atoms with Gasteiger partial charge in [-0.2, -0.15) is 11.8 Å². The van der Waals surface area contributed by atoms with Gasteiger partial charge in [0.1, 0.15) is 5.82 Å². The Kier molecular flexibility index (Phi) is 8.58. The Morgan fingerprint density at radius 2 is 2.05 bits per heavy atom. The highest BCUT2D eigenvalue weighted by molar-refractivity contribution is 7.99. The molecular formula is C16H25ClFNS. The lowest BCUT2D eigenvalue weighted by molar-refractivity contribution is 0.547. The van der Waals surface area contributed by atoms with E-state index in [4.69, 9.17) is 11.6 Å². The van der Waals surface area contributed by atoms with Crippen molar-refractivity contribution in [3.8, 4) is 0 Å². The Bertz CT molecular complexity index is 398. The average Bonchev–Trinajstić information content (AvgIpc) is 2.39. The fraction of sp³-hybridized carbons (Fsp3) is 0.625. The van der Waals surface area contributed by atoms with Crippen LogP contribution in [0.4, 0.5) is 4.39 Å². The van der Waals surface area contributed by atoms with Gasteiger partial charge in [-0.15, -0.1) is 0 Å². The molecule has 1 nitrogen and oxygen atoms in total. The first-order valence-corrected chi connectivity index (χ1v) is 8.81. The van der Waals surface area contributed by atoms with Gasteiger partial charge in [0.25, 0.3) is 0 Å². The SMILES string of the molecule is CCCNC(CSCC(C)C)Cc1cc(F)ccc1Cl. The molecule has 0 aromatic heterocycles. The molecule has 0 bridgehead atoms. The lowest BCUT2D eigenvalue weighted by Gasteiger charge is -2.19. The highest BCUT2D eigenvalue weighted by atomic mass is 35.5. The van der Waals surface area contributed by atoms with Crippen LogP contribution in [-0.4, -0.2) is 24.1 Å². The minimum absolute atomic E-state index is 0.214. The third kappa shape index (κ3) is 6.96. The number of hydrogen-bond donors (Lipinski definition) is 1. The predicted octanol–water partition coefficient (Wildman–Crippen LogP) is 4.78. The van der Waals surface area contributed by atoms with E-state index in [0.717, 1.165) is 36.5 Å². The first-order chi connectivity index (χ1) is 9.52. The van der Waals surface area contributed by atoms with E-state index in [1.54, 1.807) is 12.1 Å². The molecule has 0 spiro atoms. The van der Waals surface area contributed by atoms with Gasteiger partial charge in [-0.05, 0) is 54.8 Å². The third-order valence-electron chi connectivity index (χ3n) is 2.93. The molecule has 1 aromatic rings. The summed E-state index contributed by atoms with van der Waals surface area (Å²) in [5.74, 6) is 2.67. The maximum atomic E-state index is 13.3. The standard InChI is InChI=1S/C16H25ClFNS/c1-4-7-19-15(11-20-10-12(2)3)9-13-8-14(18)5-6-16(13)17/h5-6,8,12,15,19H,4,7,9-11H2,1-3H3. The fourth-order valence-electron chi connectivity index (χ4n) is 1.95. The molecule has 1 rings (SSSR count). The van der Waals surface area contributed by atoms with Crippen LogP contribution in [0.25, 0.3) is 0 Å². The van der Waals surface area contributed by atoms with Gasteiger partial charge in [0.05, 0.1) is 0 Å². The Morgan fingerprint density at radius 1 is 1.30 bits per heavy atom. The Labute approximate surface area is 131 Å². The lowest BCUT2D eigenvalue weighted by Crippen LogP contribution is -2.34. The minimum Gasteiger partial charge on any atom is -0.313 e. The van der Waals surface area contributed by atoms with Crippen molar-refractivity contribution in [3.63, 3.8) is 0 Å². The van der Waals surface area contributed by atoms with Crippen LogP contribution in [0.1, 0.15) is 32.8 Å². The molecule has 20 heavy (non-hydrogen) atoms. The summed E-state index contributed by atoms with van der Waals surface area (Å²) >= 11 is 8.11. The van der Waals surface area contributed by atoms with Crippen LogP contribution in [0.15, 0.2) is 18.2 Å². The van der Waals surface area contributed by atoms with Crippen molar-refractivity contribution in [1.82, 2.24) is 5.32 Å². The summed E-state index contributed by atoms with van der Waals surface area (Å²) in [6.45, 7) is 7.59. The van der Waals surface area contributed by atoms with E-state index in [2.05, 4.69) is 26.1 Å². The molecule has 0 radical (unpaired) electrons. The quantitative estimate of drug-likeness (QED) is 0.703. The van der Waals surface area contributed by atoms with E-state index < -0.39 is 0 Å². The van der Waals surface area contributed by atoms with Gasteiger partial charge < -0.3 is 5.32 Å². The van der Waals surface area contributed by atoms with Crippen LogP contribution in [0.5, 0.6) is 0 Å². The number of rotatable bonds is 9. The van der Waals surface area contributed by atoms with Crippen LogP contribution in [0.2, 0.25) is 5.02 Å². The number of thioether (sulfide) groups is 1. The van der Waals surface area contributed by atoms with Gasteiger partial charge in [0, 0.05) is 16.8 Å². The maximum absolute atomic E-state index is 13.3. The van der Waals surface area contributed by atoms with Crippen LogP contribution < -0.4 is 5.32 Å². The summed E-state index contributed by atoms with van der Waals surface area (Å²) < 4.78 is 13.3.